The second-order valence-corrected chi connectivity index (χ2v) is 4.51. The van der Waals surface area contributed by atoms with E-state index in [-0.39, 0.29) is 17.9 Å². The van der Waals surface area contributed by atoms with Gasteiger partial charge < -0.3 is 0 Å². The predicted molar refractivity (Wildman–Crippen MR) is 69.5 cm³/mol. The van der Waals surface area contributed by atoms with E-state index in [0.717, 1.165) is 12.6 Å². The summed E-state index contributed by atoms with van der Waals surface area (Å²) in [5.41, 5.74) is 0.968. The van der Waals surface area contributed by atoms with Gasteiger partial charge in [-0.1, -0.05) is 6.92 Å². The molecule has 100 valence electrons. The zero-order valence-corrected chi connectivity index (χ0v) is 11.0. The topological polar surface area (TPSA) is 47.8 Å². The van der Waals surface area contributed by atoms with E-state index in [4.69, 9.17) is 0 Å². The largest absolute Gasteiger partial charge is 0.292 e. The summed E-state index contributed by atoms with van der Waals surface area (Å²) in [5, 5.41) is 4.36. The number of aromatic nitrogens is 3. The molecule has 0 aliphatic carbocycles. The van der Waals surface area contributed by atoms with Gasteiger partial charge in [0, 0.05) is 12.2 Å². The number of ketones is 1. The van der Waals surface area contributed by atoms with E-state index in [0.29, 0.717) is 11.7 Å². The van der Waals surface area contributed by atoms with E-state index in [1.807, 2.05) is 16.9 Å². The summed E-state index contributed by atoms with van der Waals surface area (Å²) >= 11 is 0. The Labute approximate surface area is 111 Å². The minimum atomic E-state index is -0.447. The van der Waals surface area contributed by atoms with E-state index < -0.39 is 5.82 Å². The van der Waals surface area contributed by atoms with Crippen molar-refractivity contribution < 1.29 is 9.18 Å². The van der Waals surface area contributed by atoms with Crippen LogP contribution in [0.3, 0.4) is 0 Å². The molecule has 0 fully saturated rings. The quantitative estimate of drug-likeness (QED) is 0.777. The smallest absolute Gasteiger partial charge is 0.187 e. The van der Waals surface area contributed by atoms with Crippen molar-refractivity contribution in [1.29, 1.82) is 0 Å². The normalized spacial score (nSPS) is 12.4. The molecule has 1 unspecified atom stereocenters. The van der Waals surface area contributed by atoms with Crippen LogP contribution >= 0.6 is 0 Å². The predicted octanol–water partition coefficient (Wildman–Crippen LogP) is 2.81. The summed E-state index contributed by atoms with van der Waals surface area (Å²) in [6.07, 6.45) is 4.08. The molecule has 0 saturated carbocycles. The number of hydrogen-bond donors (Lipinski definition) is 0. The van der Waals surface area contributed by atoms with Crippen LogP contribution in [0.2, 0.25) is 0 Å². The highest BCUT2D eigenvalue weighted by Gasteiger charge is 2.12. The molecule has 0 amide bonds. The maximum atomic E-state index is 12.7. The summed E-state index contributed by atoms with van der Waals surface area (Å²) in [6.45, 7) is 4.15. The SMILES string of the molecule is CCC(C)n1ccc(CC(=O)c2ccc(F)cn2)n1. The molecule has 0 aromatic carbocycles. The highest BCUT2D eigenvalue weighted by atomic mass is 19.1. The highest BCUT2D eigenvalue weighted by Crippen LogP contribution is 2.11. The average Bonchev–Trinajstić information content (AvgIpc) is 2.87. The molecule has 0 N–H and O–H groups in total. The monoisotopic (exact) mass is 261 g/mol. The van der Waals surface area contributed by atoms with Gasteiger partial charge in [-0.25, -0.2) is 4.39 Å². The molecule has 0 aliphatic rings. The summed E-state index contributed by atoms with van der Waals surface area (Å²) < 4.78 is 14.6. The Bertz CT molecular complexity index is 562. The first-order chi connectivity index (χ1) is 9.10. The number of rotatable bonds is 5. The molecule has 0 bridgehead atoms. The molecule has 0 spiro atoms. The van der Waals surface area contributed by atoms with Crippen LogP contribution in [0.25, 0.3) is 0 Å². The molecule has 2 heterocycles. The van der Waals surface area contributed by atoms with Crippen LogP contribution in [0.5, 0.6) is 0 Å². The van der Waals surface area contributed by atoms with E-state index in [2.05, 4.69) is 23.9 Å². The average molecular weight is 261 g/mol. The van der Waals surface area contributed by atoms with Gasteiger partial charge in [0.25, 0.3) is 0 Å². The summed E-state index contributed by atoms with van der Waals surface area (Å²) in [6, 6.07) is 4.77. The van der Waals surface area contributed by atoms with Crippen LogP contribution in [0.15, 0.2) is 30.6 Å². The molecular formula is C14H16FN3O. The minimum Gasteiger partial charge on any atom is -0.292 e. The Morgan fingerprint density at radius 1 is 1.42 bits per heavy atom. The van der Waals surface area contributed by atoms with Crippen molar-refractivity contribution in [3.05, 3.63) is 47.8 Å². The number of carbonyl (C=O) groups excluding carboxylic acids is 1. The number of halogens is 1. The van der Waals surface area contributed by atoms with Gasteiger partial charge in [-0.3, -0.25) is 14.5 Å². The lowest BCUT2D eigenvalue weighted by molar-refractivity contribution is 0.0987. The third kappa shape index (κ3) is 3.24. The van der Waals surface area contributed by atoms with Crippen molar-refractivity contribution in [3.63, 3.8) is 0 Å². The number of nitrogens with zero attached hydrogens (tertiary/aromatic N) is 3. The molecule has 0 aliphatic heterocycles. The van der Waals surface area contributed by atoms with E-state index in [1.54, 1.807) is 0 Å². The first-order valence-electron chi connectivity index (χ1n) is 6.29. The van der Waals surface area contributed by atoms with Gasteiger partial charge in [0.2, 0.25) is 0 Å². The first-order valence-corrected chi connectivity index (χ1v) is 6.29. The standard InChI is InChI=1S/C14H16FN3O/c1-3-10(2)18-7-6-12(17-18)8-14(19)13-5-4-11(15)9-16-13/h4-7,9-10H,3,8H2,1-2H3. The Kier molecular flexibility index (Phi) is 4.04. The fourth-order valence-corrected chi connectivity index (χ4v) is 1.70. The van der Waals surface area contributed by atoms with Crippen LogP contribution in [-0.2, 0) is 6.42 Å². The van der Waals surface area contributed by atoms with Gasteiger partial charge in [0.05, 0.1) is 18.3 Å². The van der Waals surface area contributed by atoms with E-state index in [9.17, 15) is 9.18 Å². The van der Waals surface area contributed by atoms with Crippen molar-refractivity contribution in [2.45, 2.75) is 32.7 Å². The lowest BCUT2D eigenvalue weighted by Crippen LogP contribution is -2.09. The molecule has 2 aromatic heterocycles. The van der Waals surface area contributed by atoms with Crippen molar-refractivity contribution in [2.75, 3.05) is 0 Å². The van der Waals surface area contributed by atoms with E-state index >= 15 is 0 Å². The third-order valence-electron chi connectivity index (χ3n) is 3.06. The fourth-order valence-electron chi connectivity index (χ4n) is 1.70. The Morgan fingerprint density at radius 2 is 2.21 bits per heavy atom. The second kappa shape index (κ2) is 5.73. The van der Waals surface area contributed by atoms with Crippen LogP contribution in [0.4, 0.5) is 4.39 Å². The van der Waals surface area contributed by atoms with Crippen LogP contribution in [0.1, 0.15) is 42.5 Å². The van der Waals surface area contributed by atoms with E-state index in [1.165, 1.54) is 12.1 Å². The number of Topliss-reactive ketones (excluding diaryl/α,β-unsaturated/α-hetero) is 1. The van der Waals surface area contributed by atoms with Gasteiger partial charge in [-0.2, -0.15) is 5.10 Å². The van der Waals surface area contributed by atoms with Gasteiger partial charge in [0.15, 0.2) is 5.78 Å². The van der Waals surface area contributed by atoms with Crippen molar-refractivity contribution in [1.82, 2.24) is 14.8 Å². The van der Waals surface area contributed by atoms with Crippen molar-refractivity contribution in [2.24, 2.45) is 0 Å². The Balaban J connectivity index is 2.06. The fraction of sp³-hybridized carbons (Fsp3) is 0.357. The molecular weight excluding hydrogens is 245 g/mol. The van der Waals surface area contributed by atoms with Gasteiger partial charge in [0.1, 0.15) is 11.5 Å². The van der Waals surface area contributed by atoms with Crippen molar-refractivity contribution >= 4 is 5.78 Å². The highest BCUT2D eigenvalue weighted by molar-refractivity contribution is 5.95. The number of pyridine rings is 1. The Hall–Kier alpha value is -2.04. The lowest BCUT2D eigenvalue weighted by atomic mass is 10.1. The zero-order chi connectivity index (χ0) is 13.8. The summed E-state index contributed by atoms with van der Waals surface area (Å²) in [7, 11) is 0. The first kappa shape index (κ1) is 13.4. The maximum absolute atomic E-state index is 12.7. The van der Waals surface area contributed by atoms with Crippen molar-refractivity contribution in [3.8, 4) is 0 Å². The maximum Gasteiger partial charge on any atom is 0.187 e. The lowest BCUT2D eigenvalue weighted by Gasteiger charge is -2.07. The summed E-state index contributed by atoms with van der Waals surface area (Å²) in [5.74, 6) is -0.605. The number of carbonyl (C=O) groups is 1. The Morgan fingerprint density at radius 3 is 2.84 bits per heavy atom. The van der Waals surface area contributed by atoms with Crippen LogP contribution < -0.4 is 0 Å². The zero-order valence-electron chi connectivity index (χ0n) is 11.0. The van der Waals surface area contributed by atoms with Crippen LogP contribution in [0, 0.1) is 5.82 Å². The minimum absolute atomic E-state index is 0.158. The molecule has 19 heavy (non-hydrogen) atoms. The number of hydrogen-bond acceptors (Lipinski definition) is 3. The summed E-state index contributed by atoms with van der Waals surface area (Å²) in [4.78, 5) is 15.7. The molecule has 2 aromatic rings. The van der Waals surface area contributed by atoms with Gasteiger partial charge >= 0.3 is 0 Å². The molecule has 4 nitrogen and oxygen atoms in total. The second-order valence-electron chi connectivity index (χ2n) is 4.51. The van der Waals surface area contributed by atoms with Crippen LogP contribution in [-0.4, -0.2) is 20.5 Å². The third-order valence-corrected chi connectivity index (χ3v) is 3.06. The van der Waals surface area contributed by atoms with Gasteiger partial charge in [-0.05, 0) is 31.5 Å². The molecule has 0 saturated heterocycles. The molecule has 1 atom stereocenters. The van der Waals surface area contributed by atoms with Gasteiger partial charge in [-0.15, -0.1) is 0 Å². The molecule has 2 rings (SSSR count). The molecule has 0 radical (unpaired) electrons. The molecule has 5 heteroatoms.